The van der Waals surface area contributed by atoms with Gasteiger partial charge in [0, 0.05) is 19.1 Å². The lowest BCUT2D eigenvalue weighted by molar-refractivity contribution is -0.137. The van der Waals surface area contributed by atoms with E-state index in [9.17, 15) is 22.8 Å². The van der Waals surface area contributed by atoms with Crippen LogP contribution in [0.4, 0.5) is 13.2 Å². The van der Waals surface area contributed by atoms with Crippen LogP contribution >= 0.6 is 12.4 Å². The molecule has 2 rings (SSSR count). The van der Waals surface area contributed by atoms with Gasteiger partial charge in [0.05, 0.1) is 17.7 Å². The number of alkyl halides is 3. The van der Waals surface area contributed by atoms with Crippen LogP contribution in [-0.2, 0) is 11.0 Å². The van der Waals surface area contributed by atoms with E-state index in [0.29, 0.717) is 19.1 Å². The van der Waals surface area contributed by atoms with E-state index in [2.05, 4.69) is 16.0 Å². The van der Waals surface area contributed by atoms with Crippen molar-refractivity contribution in [2.45, 2.75) is 50.7 Å². The summed E-state index contributed by atoms with van der Waals surface area (Å²) < 4.78 is 38.8. The molecule has 1 aromatic carbocycles. The minimum Gasteiger partial charge on any atom is -0.353 e. The molecule has 0 aromatic heterocycles. The van der Waals surface area contributed by atoms with Crippen molar-refractivity contribution in [3.8, 4) is 0 Å². The Morgan fingerprint density at radius 1 is 0.964 bits per heavy atom. The number of halogens is 4. The number of hydrogen-bond acceptors (Lipinski definition) is 3. The lowest BCUT2D eigenvalue weighted by Crippen LogP contribution is -2.41. The molecule has 0 bridgehead atoms. The average molecular weight is 422 g/mol. The van der Waals surface area contributed by atoms with E-state index >= 15 is 0 Å². The van der Waals surface area contributed by atoms with Crippen LogP contribution in [0.2, 0.25) is 0 Å². The van der Waals surface area contributed by atoms with Crippen LogP contribution in [0.25, 0.3) is 0 Å². The van der Waals surface area contributed by atoms with Gasteiger partial charge in [-0.2, -0.15) is 13.2 Å². The van der Waals surface area contributed by atoms with E-state index in [1.165, 1.54) is 37.8 Å². The molecule has 0 aliphatic heterocycles. The van der Waals surface area contributed by atoms with Crippen LogP contribution in [-0.4, -0.2) is 37.5 Å². The zero-order valence-electron chi connectivity index (χ0n) is 15.6. The Balaban J connectivity index is 0.00000392. The van der Waals surface area contributed by atoms with Crippen molar-refractivity contribution in [1.82, 2.24) is 16.0 Å². The van der Waals surface area contributed by atoms with Gasteiger partial charge in [0.2, 0.25) is 5.91 Å². The van der Waals surface area contributed by atoms with Crippen LogP contribution in [0, 0.1) is 0 Å². The third kappa shape index (κ3) is 8.06. The molecule has 1 aliphatic carbocycles. The van der Waals surface area contributed by atoms with E-state index in [1.54, 1.807) is 0 Å². The molecule has 1 aliphatic rings. The first kappa shape index (κ1) is 24.2. The normalized spacial score (nSPS) is 15.2. The monoisotopic (exact) mass is 421 g/mol. The Morgan fingerprint density at radius 3 is 2.25 bits per heavy atom. The highest BCUT2D eigenvalue weighted by Crippen LogP contribution is 2.31. The first-order valence-electron chi connectivity index (χ1n) is 9.32. The third-order valence-corrected chi connectivity index (χ3v) is 4.62. The Bertz CT molecular complexity index is 633. The predicted octanol–water partition coefficient (Wildman–Crippen LogP) is 3.29. The molecule has 2 amide bonds. The summed E-state index contributed by atoms with van der Waals surface area (Å²) in [6.45, 7) is 0.667. The second kappa shape index (κ2) is 11.9. The van der Waals surface area contributed by atoms with Crippen molar-refractivity contribution in [1.29, 1.82) is 0 Å². The zero-order chi connectivity index (χ0) is 19.7. The smallest absolute Gasteiger partial charge is 0.353 e. The Kier molecular flexibility index (Phi) is 10.3. The molecule has 0 unspecified atom stereocenters. The average Bonchev–Trinajstić information content (AvgIpc) is 2.91. The van der Waals surface area contributed by atoms with E-state index in [4.69, 9.17) is 0 Å². The van der Waals surface area contributed by atoms with Crippen molar-refractivity contribution >= 4 is 24.2 Å². The number of carbonyl (C=O) groups excluding carboxylic acids is 2. The lowest BCUT2D eigenvalue weighted by atomic mass is 10.1. The maximum atomic E-state index is 12.9. The minimum atomic E-state index is -4.63. The Labute approximate surface area is 169 Å². The van der Waals surface area contributed by atoms with Gasteiger partial charge in [-0.15, -0.1) is 12.4 Å². The summed E-state index contributed by atoms with van der Waals surface area (Å²) in [7, 11) is 0. The van der Waals surface area contributed by atoms with Gasteiger partial charge in [0.1, 0.15) is 0 Å². The summed E-state index contributed by atoms with van der Waals surface area (Å²) in [4.78, 5) is 23.8. The van der Waals surface area contributed by atoms with Crippen LogP contribution in [0.15, 0.2) is 24.3 Å². The molecule has 0 atom stereocenters. The summed E-state index contributed by atoms with van der Waals surface area (Å²) in [5.74, 6) is -1.36. The molecule has 9 heteroatoms. The third-order valence-electron chi connectivity index (χ3n) is 4.62. The summed E-state index contributed by atoms with van der Waals surface area (Å²) in [6.07, 6.45) is 2.63. The summed E-state index contributed by atoms with van der Waals surface area (Å²) in [5.41, 5.74) is -1.51. The van der Waals surface area contributed by atoms with Gasteiger partial charge in [-0.1, -0.05) is 37.8 Å². The van der Waals surface area contributed by atoms with Crippen molar-refractivity contribution in [2.24, 2.45) is 0 Å². The number of rotatable bonds is 7. The molecular weight excluding hydrogens is 395 g/mol. The second-order valence-corrected chi connectivity index (χ2v) is 6.72. The van der Waals surface area contributed by atoms with E-state index in [0.717, 1.165) is 25.0 Å². The van der Waals surface area contributed by atoms with Gasteiger partial charge in [0.25, 0.3) is 5.91 Å². The standard InChI is InChI=1S/C19H26F3N3O2.ClH/c20-19(21,22)16-10-6-5-9-15(16)18(27)25-13-17(26)24-12-11-23-14-7-3-1-2-4-8-14;/h5-6,9-10,14,23H,1-4,7-8,11-13H2,(H,24,26)(H,25,27);1H. The largest absolute Gasteiger partial charge is 0.417 e. The quantitative estimate of drug-likeness (QED) is 0.467. The zero-order valence-corrected chi connectivity index (χ0v) is 16.4. The van der Waals surface area contributed by atoms with Crippen LogP contribution < -0.4 is 16.0 Å². The first-order valence-corrected chi connectivity index (χ1v) is 9.32. The molecule has 0 spiro atoms. The fourth-order valence-corrected chi connectivity index (χ4v) is 3.21. The number of carbonyl (C=O) groups is 2. The van der Waals surface area contributed by atoms with Crippen LogP contribution in [0.1, 0.15) is 54.4 Å². The van der Waals surface area contributed by atoms with Gasteiger partial charge in [-0.05, 0) is 25.0 Å². The predicted molar refractivity (Wildman–Crippen MR) is 104 cm³/mol. The van der Waals surface area contributed by atoms with Gasteiger partial charge in [-0.25, -0.2) is 0 Å². The highest BCUT2D eigenvalue weighted by molar-refractivity contribution is 5.97. The van der Waals surface area contributed by atoms with E-state index in [1.807, 2.05) is 0 Å². The fourth-order valence-electron chi connectivity index (χ4n) is 3.21. The summed E-state index contributed by atoms with van der Waals surface area (Å²) in [5, 5.41) is 8.29. The molecule has 0 heterocycles. The molecule has 158 valence electrons. The summed E-state index contributed by atoms with van der Waals surface area (Å²) >= 11 is 0. The first-order chi connectivity index (χ1) is 12.9. The Hall–Kier alpha value is -1.80. The molecule has 1 saturated carbocycles. The number of benzene rings is 1. The fraction of sp³-hybridized carbons (Fsp3) is 0.579. The topological polar surface area (TPSA) is 70.2 Å². The van der Waals surface area contributed by atoms with E-state index < -0.39 is 29.1 Å². The van der Waals surface area contributed by atoms with Crippen molar-refractivity contribution in [3.05, 3.63) is 35.4 Å². The maximum absolute atomic E-state index is 12.9. The maximum Gasteiger partial charge on any atom is 0.417 e. The highest BCUT2D eigenvalue weighted by Gasteiger charge is 2.34. The molecule has 1 fully saturated rings. The van der Waals surface area contributed by atoms with Crippen LogP contribution in [0.5, 0.6) is 0 Å². The van der Waals surface area contributed by atoms with Gasteiger partial charge in [-0.3, -0.25) is 9.59 Å². The van der Waals surface area contributed by atoms with Crippen molar-refractivity contribution in [3.63, 3.8) is 0 Å². The van der Waals surface area contributed by atoms with Gasteiger partial charge < -0.3 is 16.0 Å². The Morgan fingerprint density at radius 2 is 1.61 bits per heavy atom. The van der Waals surface area contributed by atoms with Crippen LogP contribution in [0.3, 0.4) is 0 Å². The number of nitrogens with one attached hydrogen (secondary N) is 3. The summed E-state index contributed by atoms with van der Waals surface area (Å²) in [6, 6.07) is 4.97. The molecule has 0 saturated heterocycles. The molecule has 28 heavy (non-hydrogen) atoms. The SMILES string of the molecule is Cl.O=C(CNC(=O)c1ccccc1C(F)(F)F)NCCNC1CCCCCC1. The number of amides is 2. The number of hydrogen-bond donors (Lipinski definition) is 3. The highest BCUT2D eigenvalue weighted by atomic mass is 35.5. The molecule has 0 radical (unpaired) electrons. The molecule has 3 N–H and O–H groups in total. The van der Waals surface area contributed by atoms with Gasteiger partial charge >= 0.3 is 6.18 Å². The lowest BCUT2D eigenvalue weighted by Gasteiger charge is -2.16. The molecular formula is C19H27ClF3N3O2. The van der Waals surface area contributed by atoms with Crippen molar-refractivity contribution in [2.75, 3.05) is 19.6 Å². The van der Waals surface area contributed by atoms with E-state index in [-0.39, 0.29) is 19.0 Å². The second-order valence-electron chi connectivity index (χ2n) is 6.72. The molecule has 5 nitrogen and oxygen atoms in total. The van der Waals surface area contributed by atoms with Gasteiger partial charge in [0.15, 0.2) is 0 Å². The van der Waals surface area contributed by atoms with Crippen molar-refractivity contribution < 1.29 is 22.8 Å². The minimum absolute atomic E-state index is 0. The molecule has 1 aromatic rings.